The third kappa shape index (κ3) is 2.88. The van der Waals surface area contributed by atoms with Crippen LogP contribution < -0.4 is 10.4 Å². The number of ether oxygens (including phenoxy) is 1. The molecular weight excluding hydrogens is 262 g/mol. The van der Waals surface area contributed by atoms with Crippen LogP contribution in [-0.4, -0.2) is 36.4 Å². The van der Waals surface area contributed by atoms with Crippen molar-refractivity contribution in [3.05, 3.63) is 34.7 Å². The third-order valence-electron chi connectivity index (χ3n) is 4.52. The Hall–Kier alpha value is -1.61. The summed E-state index contributed by atoms with van der Waals surface area (Å²) in [6.07, 6.45) is 4.18. The van der Waals surface area contributed by atoms with Crippen LogP contribution in [-0.2, 0) is 9.53 Å². The van der Waals surface area contributed by atoms with E-state index >= 15 is 0 Å². The number of nitrogens with zero attached hydrogens (tertiary/aromatic N) is 1. The molecule has 1 saturated heterocycles. The van der Waals surface area contributed by atoms with Gasteiger partial charge in [0.15, 0.2) is 0 Å². The van der Waals surface area contributed by atoms with Gasteiger partial charge in [0.1, 0.15) is 17.6 Å². The van der Waals surface area contributed by atoms with E-state index in [1.807, 2.05) is 7.05 Å². The first kappa shape index (κ1) is 14.3. The minimum absolute atomic E-state index is 0.0124. The van der Waals surface area contributed by atoms with E-state index in [-0.39, 0.29) is 17.9 Å². The lowest BCUT2D eigenvalue weighted by atomic mass is 9.97. The highest BCUT2D eigenvalue weighted by Gasteiger charge is 2.34. The third-order valence-corrected chi connectivity index (χ3v) is 4.52. The Labute approximate surface area is 125 Å². The van der Waals surface area contributed by atoms with Gasteiger partial charge in [-0.05, 0) is 25.1 Å². The van der Waals surface area contributed by atoms with Gasteiger partial charge >= 0.3 is 0 Å². The number of hydrogen-bond acceptors (Lipinski definition) is 3. The molecule has 0 aromatic heterocycles. The van der Waals surface area contributed by atoms with Crippen LogP contribution in [0, 0.1) is 5.92 Å². The van der Waals surface area contributed by atoms with Crippen LogP contribution in [0.5, 0.6) is 0 Å². The number of rotatable bonds is 3. The van der Waals surface area contributed by atoms with Gasteiger partial charge in [-0.15, -0.1) is 0 Å². The number of benzene rings is 1. The number of carbonyl (C=O) groups excluding carboxylic acids is 1. The molecule has 2 aliphatic rings. The number of hydrogen-bond donors (Lipinski definition) is 0. The van der Waals surface area contributed by atoms with Crippen molar-refractivity contribution in [3.63, 3.8) is 0 Å². The van der Waals surface area contributed by atoms with Crippen LogP contribution in [0.2, 0.25) is 0 Å². The highest BCUT2D eigenvalue weighted by molar-refractivity contribution is 5.81. The fourth-order valence-electron chi connectivity index (χ4n) is 3.49. The monoisotopic (exact) mass is 285 g/mol. The van der Waals surface area contributed by atoms with Crippen molar-refractivity contribution in [1.29, 1.82) is 0 Å². The Morgan fingerprint density at radius 1 is 1.33 bits per heavy atom. The zero-order valence-electron chi connectivity index (χ0n) is 13.0. The molecule has 112 valence electrons. The highest BCUT2D eigenvalue weighted by Crippen LogP contribution is 2.25. The van der Waals surface area contributed by atoms with Crippen LogP contribution in [0.3, 0.4) is 0 Å². The average Bonchev–Trinajstić information content (AvgIpc) is 2.79. The molecule has 0 N–H and O–H groups in total. The van der Waals surface area contributed by atoms with Crippen molar-refractivity contribution < 1.29 is 9.53 Å². The maximum absolute atomic E-state index is 11.6. The summed E-state index contributed by atoms with van der Waals surface area (Å²) in [5.41, 5.74) is 0. The number of fused-ring (bicyclic) bond motifs is 1. The van der Waals surface area contributed by atoms with Crippen LogP contribution in [0.4, 0.5) is 0 Å². The minimum Gasteiger partial charge on any atom is -0.493 e. The number of ketones is 1. The second-order valence-corrected chi connectivity index (χ2v) is 6.40. The SMILES string of the molecule is CC(=O)C1CC(OC2=c3ccccc3=CC(C)C2)CN1C. The van der Waals surface area contributed by atoms with Crippen molar-refractivity contribution in [1.82, 2.24) is 4.90 Å². The first-order valence-electron chi connectivity index (χ1n) is 7.72. The molecule has 1 aromatic carbocycles. The van der Waals surface area contributed by atoms with E-state index in [0.717, 1.165) is 25.1 Å². The summed E-state index contributed by atoms with van der Waals surface area (Å²) in [5, 5.41) is 2.48. The predicted octanol–water partition coefficient (Wildman–Crippen LogP) is 1.29. The molecule has 0 saturated carbocycles. The standard InChI is InChI=1S/C18H23NO2/c1-12-8-14-6-4-5-7-16(14)18(9-12)21-15-10-17(13(2)20)19(3)11-15/h4-8,12,15,17H,9-11H2,1-3H3. The smallest absolute Gasteiger partial charge is 0.147 e. The molecule has 3 unspecified atom stereocenters. The molecule has 3 nitrogen and oxygen atoms in total. The minimum atomic E-state index is 0.0124. The molecule has 0 spiro atoms. The van der Waals surface area contributed by atoms with Gasteiger partial charge in [0, 0.05) is 24.6 Å². The molecule has 1 aliphatic heterocycles. The topological polar surface area (TPSA) is 29.5 Å². The molecule has 1 heterocycles. The Kier molecular flexibility index (Phi) is 3.85. The van der Waals surface area contributed by atoms with E-state index in [1.54, 1.807) is 6.92 Å². The Morgan fingerprint density at radius 2 is 2.10 bits per heavy atom. The normalized spacial score (nSPS) is 28.9. The van der Waals surface area contributed by atoms with Crippen molar-refractivity contribution in [2.75, 3.05) is 13.6 Å². The van der Waals surface area contributed by atoms with E-state index in [1.165, 1.54) is 10.4 Å². The molecule has 1 fully saturated rings. The quantitative estimate of drug-likeness (QED) is 0.838. The van der Waals surface area contributed by atoms with Crippen molar-refractivity contribution in [2.45, 2.75) is 38.8 Å². The zero-order chi connectivity index (χ0) is 15.0. The first-order chi connectivity index (χ1) is 10.0. The molecule has 3 atom stereocenters. The van der Waals surface area contributed by atoms with Crippen molar-refractivity contribution >= 4 is 17.6 Å². The van der Waals surface area contributed by atoms with Gasteiger partial charge in [-0.3, -0.25) is 9.69 Å². The highest BCUT2D eigenvalue weighted by atomic mass is 16.5. The van der Waals surface area contributed by atoms with Gasteiger partial charge < -0.3 is 4.74 Å². The summed E-state index contributed by atoms with van der Waals surface area (Å²) < 4.78 is 6.30. The van der Waals surface area contributed by atoms with Crippen molar-refractivity contribution in [2.24, 2.45) is 5.92 Å². The number of likely N-dealkylation sites (tertiary alicyclic amines) is 1. The molecule has 0 radical (unpaired) electrons. The van der Waals surface area contributed by atoms with Crippen LogP contribution in [0.15, 0.2) is 24.3 Å². The van der Waals surface area contributed by atoms with Crippen molar-refractivity contribution in [3.8, 4) is 0 Å². The van der Waals surface area contributed by atoms with Gasteiger partial charge in [-0.25, -0.2) is 0 Å². The van der Waals surface area contributed by atoms with Crippen LogP contribution in [0.25, 0.3) is 11.8 Å². The molecule has 0 bridgehead atoms. The van der Waals surface area contributed by atoms with E-state index in [0.29, 0.717) is 5.92 Å². The molecule has 3 rings (SSSR count). The fourth-order valence-corrected chi connectivity index (χ4v) is 3.49. The summed E-state index contributed by atoms with van der Waals surface area (Å²) >= 11 is 0. The maximum atomic E-state index is 11.6. The lowest BCUT2D eigenvalue weighted by molar-refractivity contribution is -0.120. The van der Waals surface area contributed by atoms with E-state index < -0.39 is 0 Å². The summed E-state index contributed by atoms with van der Waals surface area (Å²) in [4.78, 5) is 13.7. The molecule has 21 heavy (non-hydrogen) atoms. The predicted molar refractivity (Wildman–Crippen MR) is 83.9 cm³/mol. The molecule has 0 amide bonds. The Bertz CT molecular complexity index is 664. The fraction of sp³-hybridized carbons (Fsp3) is 0.500. The summed E-state index contributed by atoms with van der Waals surface area (Å²) in [6, 6.07) is 8.42. The van der Waals surface area contributed by atoms with Gasteiger partial charge in [0.25, 0.3) is 0 Å². The van der Waals surface area contributed by atoms with Gasteiger partial charge in [0.2, 0.25) is 0 Å². The van der Waals surface area contributed by atoms with E-state index in [9.17, 15) is 4.79 Å². The number of Topliss-reactive ketones (excluding diaryl/α,β-unsaturated/α-hetero) is 1. The van der Waals surface area contributed by atoms with Gasteiger partial charge in [0.05, 0.1) is 6.04 Å². The van der Waals surface area contributed by atoms with Gasteiger partial charge in [-0.2, -0.15) is 0 Å². The first-order valence-corrected chi connectivity index (χ1v) is 7.72. The van der Waals surface area contributed by atoms with Crippen LogP contribution >= 0.6 is 0 Å². The van der Waals surface area contributed by atoms with Crippen LogP contribution in [0.1, 0.15) is 26.7 Å². The second-order valence-electron chi connectivity index (χ2n) is 6.40. The lowest BCUT2D eigenvalue weighted by Gasteiger charge is -2.21. The van der Waals surface area contributed by atoms with E-state index in [4.69, 9.17) is 4.74 Å². The second kappa shape index (κ2) is 5.64. The summed E-state index contributed by atoms with van der Waals surface area (Å²) in [7, 11) is 2.01. The Morgan fingerprint density at radius 3 is 2.81 bits per heavy atom. The van der Waals surface area contributed by atoms with E-state index in [2.05, 4.69) is 42.2 Å². The molecule has 1 aliphatic carbocycles. The molecule has 1 aromatic rings. The Balaban J connectivity index is 1.86. The van der Waals surface area contributed by atoms with Gasteiger partial charge in [-0.1, -0.05) is 37.3 Å². The lowest BCUT2D eigenvalue weighted by Crippen LogP contribution is -2.33. The number of carbonyl (C=O) groups is 1. The average molecular weight is 285 g/mol. The largest absolute Gasteiger partial charge is 0.493 e. The number of likely N-dealkylation sites (N-methyl/N-ethyl adjacent to an activating group) is 1. The molecular formula is C18H23NO2. The summed E-state index contributed by atoms with van der Waals surface area (Å²) in [6.45, 7) is 4.72. The maximum Gasteiger partial charge on any atom is 0.147 e. The summed E-state index contributed by atoms with van der Waals surface area (Å²) in [5.74, 6) is 1.82. The zero-order valence-corrected chi connectivity index (χ0v) is 13.0. The molecule has 3 heteroatoms.